The van der Waals surface area contributed by atoms with Gasteiger partial charge in [-0.3, -0.25) is 4.90 Å². The van der Waals surface area contributed by atoms with Gasteiger partial charge in [0.05, 0.1) is 5.37 Å². The lowest BCUT2D eigenvalue weighted by Gasteiger charge is -2.25. The van der Waals surface area contributed by atoms with Crippen LogP contribution in [0.25, 0.3) is 0 Å². The molecule has 114 valence electrons. The van der Waals surface area contributed by atoms with Gasteiger partial charge in [0.25, 0.3) is 0 Å². The van der Waals surface area contributed by atoms with Gasteiger partial charge in [0, 0.05) is 23.6 Å². The quantitative estimate of drug-likeness (QED) is 0.822. The lowest BCUT2D eigenvalue weighted by atomic mass is 10.2. The van der Waals surface area contributed by atoms with Crippen molar-refractivity contribution in [1.29, 1.82) is 0 Å². The van der Waals surface area contributed by atoms with Crippen LogP contribution in [-0.2, 0) is 4.79 Å². The summed E-state index contributed by atoms with van der Waals surface area (Å²) in [6.07, 6.45) is 0. The Morgan fingerprint density at radius 3 is 2.43 bits per heavy atom. The highest BCUT2D eigenvalue weighted by atomic mass is 32.2. The van der Waals surface area contributed by atoms with Crippen LogP contribution in [0.5, 0.6) is 0 Å². The molecule has 0 saturated carbocycles. The molecule has 2 atom stereocenters. The third kappa shape index (κ3) is 3.07. The minimum absolute atomic E-state index is 0.218. The Morgan fingerprint density at radius 1 is 1.33 bits per heavy atom. The summed E-state index contributed by atoms with van der Waals surface area (Å²) in [4.78, 5) is 24.2. The van der Waals surface area contributed by atoms with Gasteiger partial charge in [-0.1, -0.05) is 0 Å². The molecule has 0 bridgehead atoms. The number of halogens is 3. The fourth-order valence-electron chi connectivity index (χ4n) is 1.96. The normalized spacial score (nSPS) is 21.4. The molecule has 21 heavy (non-hydrogen) atoms. The van der Waals surface area contributed by atoms with E-state index in [2.05, 4.69) is 5.32 Å². The van der Waals surface area contributed by atoms with Gasteiger partial charge in [0.15, 0.2) is 17.5 Å². The van der Waals surface area contributed by atoms with Crippen molar-refractivity contribution in [3.05, 3.63) is 29.6 Å². The molecule has 1 aromatic carbocycles. The maximum atomic E-state index is 13.1. The van der Waals surface area contributed by atoms with Crippen LogP contribution >= 0.6 is 11.8 Å². The number of hydrogen-bond donors (Lipinski definition) is 2. The Bertz CT molecular complexity index is 576. The topological polar surface area (TPSA) is 69.6 Å². The van der Waals surface area contributed by atoms with Gasteiger partial charge in [-0.2, -0.15) is 0 Å². The average Bonchev–Trinajstić information content (AvgIpc) is 2.78. The second kappa shape index (κ2) is 5.84. The highest BCUT2D eigenvalue weighted by molar-refractivity contribution is 8.00. The van der Waals surface area contributed by atoms with Crippen LogP contribution in [-0.4, -0.2) is 39.2 Å². The van der Waals surface area contributed by atoms with E-state index in [9.17, 15) is 22.8 Å². The van der Waals surface area contributed by atoms with Crippen molar-refractivity contribution >= 4 is 29.4 Å². The molecule has 9 heteroatoms. The highest BCUT2D eigenvalue weighted by Crippen LogP contribution is 2.29. The number of aliphatic carboxylic acids is 1. The molecule has 1 aromatic rings. The SMILES string of the molecule is CC1SCC(C(=O)O)N1C(=O)Nc1cc(F)c(F)c(F)c1. The van der Waals surface area contributed by atoms with Gasteiger partial charge in [-0.25, -0.2) is 22.8 Å². The smallest absolute Gasteiger partial charge is 0.327 e. The van der Waals surface area contributed by atoms with Crippen molar-refractivity contribution in [1.82, 2.24) is 4.90 Å². The molecule has 0 radical (unpaired) electrons. The molecule has 2 rings (SSSR count). The number of thioether (sulfide) groups is 1. The van der Waals surface area contributed by atoms with Gasteiger partial charge in [0.2, 0.25) is 0 Å². The summed E-state index contributed by atoms with van der Waals surface area (Å²) < 4.78 is 39.0. The highest BCUT2D eigenvalue weighted by Gasteiger charge is 2.39. The summed E-state index contributed by atoms with van der Waals surface area (Å²) in [6.45, 7) is 1.64. The third-order valence-electron chi connectivity index (χ3n) is 2.98. The Labute approximate surface area is 122 Å². The van der Waals surface area contributed by atoms with E-state index in [0.29, 0.717) is 12.1 Å². The fraction of sp³-hybridized carbons (Fsp3) is 0.333. The monoisotopic (exact) mass is 320 g/mol. The van der Waals surface area contributed by atoms with Gasteiger partial charge in [0.1, 0.15) is 6.04 Å². The molecule has 2 unspecified atom stereocenters. The lowest BCUT2D eigenvalue weighted by Crippen LogP contribution is -2.46. The zero-order valence-electron chi connectivity index (χ0n) is 10.8. The van der Waals surface area contributed by atoms with Crippen molar-refractivity contribution in [2.75, 3.05) is 11.1 Å². The molecule has 1 saturated heterocycles. The molecule has 1 heterocycles. The van der Waals surface area contributed by atoms with Crippen molar-refractivity contribution in [3.63, 3.8) is 0 Å². The minimum atomic E-state index is -1.64. The number of nitrogens with zero attached hydrogens (tertiary/aromatic N) is 1. The first-order valence-electron chi connectivity index (χ1n) is 5.89. The number of benzene rings is 1. The molecule has 1 fully saturated rings. The van der Waals surface area contributed by atoms with Crippen LogP contribution in [0, 0.1) is 17.5 Å². The van der Waals surface area contributed by atoms with Crippen LogP contribution in [0.3, 0.4) is 0 Å². The zero-order chi connectivity index (χ0) is 15.7. The molecule has 1 aliphatic rings. The number of amides is 2. The molecule has 1 aliphatic heterocycles. The van der Waals surface area contributed by atoms with Gasteiger partial charge >= 0.3 is 12.0 Å². The number of anilines is 1. The standard InChI is InChI=1S/C12H11F3N2O3S/c1-5-17(9(4-21-5)11(18)19)12(20)16-6-2-7(13)10(15)8(14)3-6/h2-3,5,9H,4H2,1H3,(H,16,20)(H,18,19). The first kappa shape index (κ1) is 15.5. The van der Waals surface area contributed by atoms with Gasteiger partial charge in [-0.05, 0) is 6.92 Å². The van der Waals surface area contributed by atoms with E-state index in [1.54, 1.807) is 6.92 Å². The molecule has 0 aliphatic carbocycles. The number of carboxylic acid groups (broad SMARTS) is 1. The minimum Gasteiger partial charge on any atom is -0.480 e. The fourth-order valence-corrected chi connectivity index (χ4v) is 3.12. The second-order valence-corrected chi connectivity index (χ2v) is 5.73. The molecular weight excluding hydrogens is 309 g/mol. The second-order valence-electron chi connectivity index (χ2n) is 4.38. The van der Waals surface area contributed by atoms with E-state index in [4.69, 9.17) is 5.11 Å². The van der Waals surface area contributed by atoms with Crippen molar-refractivity contribution < 1.29 is 27.9 Å². The summed E-state index contributed by atoms with van der Waals surface area (Å²) in [5, 5.41) is 10.8. The van der Waals surface area contributed by atoms with Gasteiger partial charge in [-0.15, -0.1) is 11.8 Å². The Hall–Kier alpha value is -1.90. The van der Waals surface area contributed by atoms with E-state index in [0.717, 1.165) is 4.90 Å². The Morgan fingerprint density at radius 2 is 1.90 bits per heavy atom. The lowest BCUT2D eigenvalue weighted by molar-refractivity contribution is -0.141. The Balaban J connectivity index is 2.19. The van der Waals surface area contributed by atoms with Crippen LogP contribution in [0.15, 0.2) is 12.1 Å². The summed E-state index contributed by atoms with van der Waals surface area (Å²) in [5.41, 5.74) is -0.287. The number of rotatable bonds is 2. The summed E-state index contributed by atoms with van der Waals surface area (Å²) in [6, 6.07) is -0.592. The van der Waals surface area contributed by atoms with Crippen LogP contribution in [0.2, 0.25) is 0 Å². The number of carbonyl (C=O) groups excluding carboxylic acids is 1. The zero-order valence-corrected chi connectivity index (χ0v) is 11.6. The van der Waals surface area contributed by atoms with E-state index in [-0.39, 0.29) is 11.4 Å². The van der Waals surface area contributed by atoms with E-state index < -0.39 is 40.9 Å². The largest absolute Gasteiger partial charge is 0.480 e. The maximum absolute atomic E-state index is 13.1. The van der Waals surface area contributed by atoms with E-state index in [1.807, 2.05) is 0 Å². The Kier molecular flexibility index (Phi) is 4.31. The molecule has 2 amide bonds. The van der Waals surface area contributed by atoms with E-state index in [1.165, 1.54) is 11.8 Å². The van der Waals surface area contributed by atoms with Crippen LogP contribution < -0.4 is 5.32 Å². The van der Waals surface area contributed by atoms with E-state index >= 15 is 0 Å². The number of urea groups is 1. The first-order valence-corrected chi connectivity index (χ1v) is 6.94. The predicted octanol–water partition coefficient (Wildman–Crippen LogP) is 2.48. The molecule has 2 N–H and O–H groups in total. The molecule has 0 spiro atoms. The predicted molar refractivity (Wildman–Crippen MR) is 70.5 cm³/mol. The summed E-state index contributed by atoms with van der Waals surface area (Å²) >= 11 is 1.27. The third-order valence-corrected chi connectivity index (χ3v) is 4.20. The average molecular weight is 320 g/mol. The van der Waals surface area contributed by atoms with Crippen LogP contribution in [0.4, 0.5) is 23.7 Å². The molecule has 0 aromatic heterocycles. The van der Waals surface area contributed by atoms with Gasteiger partial charge < -0.3 is 10.4 Å². The van der Waals surface area contributed by atoms with Crippen molar-refractivity contribution in [2.45, 2.75) is 18.3 Å². The number of hydrogen-bond acceptors (Lipinski definition) is 3. The molecule has 5 nitrogen and oxygen atoms in total. The van der Waals surface area contributed by atoms with Crippen molar-refractivity contribution in [3.8, 4) is 0 Å². The molecular formula is C12H11F3N2O3S. The summed E-state index contributed by atoms with van der Waals surface area (Å²) in [7, 11) is 0. The summed E-state index contributed by atoms with van der Waals surface area (Å²) in [5.74, 6) is -5.47. The maximum Gasteiger partial charge on any atom is 0.327 e. The number of nitrogens with one attached hydrogen (secondary N) is 1. The van der Waals surface area contributed by atoms with Crippen molar-refractivity contribution in [2.24, 2.45) is 0 Å². The number of carbonyl (C=O) groups is 2. The number of carboxylic acids is 1. The van der Waals surface area contributed by atoms with Crippen LogP contribution in [0.1, 0.15) is 6.92 Å². The first-order chi connectivity index (χ1) is 9.81.